The molecule has 19 heavy (non-hydrogen) atoms. The molecule has 0 spiro atoms. The summed E-state index contributed by atoms with van der Waals surface area (Å²) in [5.74, 6) is 6.21. The molecule has 0 radical (unpaired) electrons. The first-order valence-corrected chi connectivity index (χ1v) is 7.09. The second-order valence-electron chi connectivity index (χ2n) is 4.30. The average Bonchev–Trinajstić information content (AvgIpc) is 2.77. The summed E-state index contributed by atoms with van der Waals surface area (Å²) in [5, 5.41) is 3.75. The Kier molecular flexibility index (Phi) is 4.57. The zero-order valence-corrected chi connectivity index (χ0v) is 12.3. The van der Waals surface area contributed by atoms with E-state index in [-0.39, 0.29) is 6.04 Å². The molecule has 2 aromatic heterocycles. The van der Waals surface area contributed by atoms with Gasteiger partial charge in [0, 0.05) is 22.2 Å². The van der Waals surface area contributed by atoms with Gasteiger partial charge in [0.25, 0.3) is 0 Å². The maximum atomic E-state index is 6.05. The number of nitrogens with zero attached hydrogens (tertiary/aromatic N) is 2. The van der Waals surface area contributed by atoms with Crippen LogP contribution in [0.2, 0.25) is 5.02 Å². The number of hydrogen-bond donors (Lipinski definition) is 3. The molecule has 0 bridgehead atoms. The van der Waals surface area contributed by atoms with Crippen molar-refractivity contribution in [3.05, 3.63) is 33.1 Å². The molecule has 0 saturated heterocycles. The van der Waals surface area contributed by atoms with Crippen LogP contribution in [0.25, 0.3) is 0 Å². The molecule has 0 saturated carbocycles. The Morgan fingerprint density at radius 3 is 2.89 bits per heavy atom. The third kappa shape index (κ3) is 3.79. The maximum absolute atomic E-state index is 6.05. The monoisotopic (exact) mass is 297 g/mol. The van der Waals surface area contributed by atoms with Gasteiger partial charge in [0.2, 0.25) is 5.95 Å². The minimum atomic E-state index is 0.219. The van der Waals surface area contributed by atoms with Crippen molar-refractivity contribution in [3.63, 3.8) is 0 Å². The van der Waals surface area contributed by atoms with Crippen LogP contribution in [0.1, 0.15) is 16.7 Å². The molecule has 0 aromatic carbocycles. The van der Waals surface area contributed by atoms with Gasteiger partial charge in [-0.25, -0.2) is 10.8 Å². The van der Waals surface area contributed by atoms with Crippen molar-refractivity contribution < 1.29 is 0 Å². The molecule has 2 aromatic rings. The maximum Gasteiger partial charge on any atom is 0.239 e. The third-order valence-electron chi connectivity index (χ3n) is 2.56. The van der Waals surface area contributed by atoms with Crippen LogP contribution in [0.4, 0.5) is 11.8 Å². The molecule has 0 aliphatic carbocycles. The topological polar surface area (TPSA) is 75.9 Å². The van der Waals surface area contributed by atoms with E-state index >= 15 is 0 Å². The fourth-order valence-corrected chi connectivity index (χ4v) is 2.88. The van der Waals surface area contributed by atoms with Gasteiger partial charge in [0.1, 0.15) is 5.02 Å². The normalized spacial score (nSPS) is 12.2. The highest BCUT2D eigenvalue weighted by Crippen LogP contribution is 2.22. The van der Waals surface area contributed by atoms with E-state index in [1.807, 2.05) is 0 Å². The molecule has 1 unspecified atom stereocenters. The Balaban J connectivity index is 2.03. The van der Waals surface area contributed by atoms with Crippen LogP contribution in [0.5, 0.6) is 0 Å². The molecule has 4 N–H and O–H groups in total. The second-order valence-corrected chi connectivity index (χ2v) is 6.08. The zero-order valence-electron chi connectivity index (χ0n) is 10.8. The summed E-state index contributed by atoms with van der Waals surface area (Å²) in [7, 11) is 0. The zero-order chi connectivity index (χ0) is 13.8. The SMILES string of the molecule is Cc1ccc(CC(C)Nc2nc(NN)ncc2Cl)s1. The highest BCUT2D eigenvalue weighted by atomic mass is 35.5. The van der Waals surface area contributed by atoms with Crippen LogP contribution in [0, 0.1) is 6.92 Å². The number of hydrogen-bond acceptors (Lipinski definition) is 6. The number of nitrogens with two attached hydrogens (primary N) is 1. The van der Waals surface area contributed by atoms with Crippen molar-refractivity contribution in [2.45, 2.75) is 26.3 Å². The van der Waals surface area contributed by atoms with E-state index in [2.05, 4.69) is 46.7 Å². The highest BCUT2D eigenvalue weighted by Gasteiger charge is 2.10. The number of nitrogens with one attached hydrogen (secondary N) is 2. The van der Waals surface area contributed by atoms with Crippen molar-refractivity contribution in [1.82, 2.24) is 9.97 Å². The van der Waals surface area contributed by atoms with E-state index in [1.54, 1.807) is 11.3 Å². The Bertz CT molecular complexity index is 557. The van der Waals surface area contributed by atoms with E-state index in [4.69, 9.17) is 17.4 Å². The van der Waals surface area contributed by atoms with Gasteiger partial charge in [-0.15, -0.1) is 11.3 Å². The van der Waals surface area contributed by atoms with Crippen LogP contribution in [0.3, 0.4) is 0 Å². The van der Waals surface area contributed by atoms with Crippen LogP contribution >= 0.6 is 22.9 Å². The molecule has 2 rings (SSSR count). The molecule has 0 aliphatic heterocycles. The molecule has 0 fully saturated rings. The number of halogens is 1. The first-order chi connectivity index (χ1) is 9.08. The van der Waals surface area contributed by atoms with Crippen LogP contribution in [-0.2, 0) is 6.42 Å². The number of thiophene rings is 1. The summed E-state index contributed by atoms with van der Waals surface area (Å²) in [6.45, 7) is 4.19. The first-order valence-electron chi connectivity index (χ1n) is 5.89. The van der Waals surface area contributed by atoms with E-state index < -0.39 is 0 Å². The summed E-state index contributed by atoms with van der Waals surface area (Å²) in [5.41, 5.74) is 2.40. The Morgan fingerprint density at radius 2 is 2.26 bits per heavy atom. The fraction of sp³-hybridized carbons (Fsp3) is 0.333. The smallest absolute Gasteiger partial charge is 0.239 e. The Hall–Kier alpha value is -1.37. The molecular formula is C12H16ClN5S. The number of hydrazine groups is 1. The van der Waals surface area contributed by atoms with Gasteiger partial charge in [-0.3, -0.25) is 5.43 Å². The number of anilines is 2. The molecule has 1 atom stereocenters. The van der Waals surface area contributed by atoms with Crippen molar-refractivity contribution in [2.24, 2.45) is 5.84 Å². The quantitative estimate of drug-likeness (QED) is 0.584. The van der Waals surface area contributed by atoms with Crippen LogP contribution < -0.4 is 16.6 Å². The van der Waals surface area contributed by atoms with Crippen LogP contribution in [-0.4, -0.2) is 16.0 Å². The standard InChI is InChI=1S/C12H16ClN5S/c1-7(5-9-4-3-8(2)19-9)16-11-10(13)6-15-12(17-11)18-14/h3-4,6-7H,5,14H2,1-2H3,(H2,15,16,17,18). The molecule has 2 heterocycles. The molecule has 7 heteroatoms. The summed E-state index contributed by atoms with van der Waals surface area (Å²) < 4.78 is 0. The van der Waals surface area contributed by atoms with E-state index in [0.29, 0.717) is 16.8 Å². The van der Waals surface area contributed by atoms with E-state index in [1.165, 1.54) is 16.0 Å². The molecule has 0 aliphatic rings. The Labute approximate surface area is 121 Å². The lowest BCUT2D eigenvalue weighted by Gasteiger charge is -2.15. The minimum absolute atomic E-state index is 0.219. The summed E-state index contributed by atoms with van der Waals surface area (Å²) >= 11 is 7.85. The number of nitrogen functional groups attached to an aromatic ring is 1. The predicted octanol–water partition coefficient (Wildman–Crippen LogP) is 2.83. The predicted molar refractivity (Wildman–Crippen MR) is 80.7 cm³/mol. The van der Waals surface area contributed by atoms with Gasteiger partial charge >= 0.3 is 0 Å². The number of aryl methyl sites for hydroxylation is 1. The van der Waals surface area contributed by atoms with Crippen molar-refractivity contribution in [1.29, 1.82) is 0 Å². The molecule has 5 nitrogen and oxygen atoms in total. The van der Waals surface area contributed by atoms with Crippen molar-refractivity contribution in [2.75, 3.05) is 10.7 Å². The first kappa shape index (κ1) is 14.0. The molecule has 0 amide bonds. The number of aromatic nitrogens is 2. The minimum Gasteiger partial charge on any atom is -0.366 e. The Morgan fingerprint density at radius 1 is 1.47 bits per heavy atom. The summed E-state index contributed by atoms with van der Waals surface area (Å²) in [6.07, 6.45) is 2.44. The largest absolute Gasteiger partial charge is 0.366 e. The summed E-state index contributed by atoms with van der Waals surface area (Å²) in [6, 6.07) is 4.49. The van der Waals surface area contributed by atoms with Gasteiger partial charge in [-0.05, 0) is 26.0 Å². The van der Waals surface area contributed by atoms with Gasteiger partial charge in [-0.2, -0.15) is 4.98 Å². The lowest BCUT2D eigenvalue weighted by Crippen LogP contribution is -2.20. The highest BCUT2D eigenvalue weighted by molar-refractivity contribution is 7.11. The average molecular weight is 298 g/mol. The van der Waals surface area contributed by atoms with Gasteiger partial charge in [0.05, 0.1) is 6.20 Å². The lowest BCUT2D eigenvalue weighted by molar-refractivity contribution is 0.793. The van der Waals surface area contributed by atoms with Gasteiger partial charge < -0.3 is 5.32 Å². The van der Waals surface area contributed by atoms with Crippen LogP contribution in [0.15, 0.2) is 18.3 Å². The third-order valence-corrected chi connectivity index (χ3v) is 3.86. The van der Waals surface area contributed by atoms with E-state index in [0.717, 1.165) is 6.42 Å². The number of rotatable bonds is 5. The second kappa shape index (κ2) is 6.18. The lowest BCUT2D eigenvalue weighted by atomic mass is 10.2. The molecular weight excluding hydrogens is 282 g/mol. The van der Waals surface area contributed by atoms with Crippen molar-refractivity contribution in [3.8, 4) is 0 Å². The van der Waals surface area contributed by atoms with E-state index in [9.17, 15) is 0 Å². The summed E-state index contributed by atoms with van der Waals surface area (Å²) in [4.78, 5) is 10.8. The van der Waals surface area contributed by atoms with Gasteiger partial charge in [-0.1, -0.05) is 11.6 Å². The van der Waals surface area contributed by atoms with Gasteiger partial charge in [0.15, 0.2) is 5.82 Å². The van der Waals surface area contributed by atoms with Crippen molar-refractivity contribution >= 4 is 34.7 Å². The molecule has 102 valence electrons. The fourth-order valence-electron chi connectivity index (χ4n) is 1.72.